The van der Waals surface area contributed by atoms with Gasteiger partial charge in [0.05, 0.1) is 10.8 Å². The van der Waals surface area contributed by atoms with Gasteiger partial charge in [-0.25, -0.2) is 0 Å². The van der Waals surface area contributed by atoms with E-state index in [1.54, 1.807) is 0 Å². The molecule has 1 fully saturated rings. The molecule has 5 heteroatoms. The van der Waals surface area contributed by atoms with E-state index in [0.29, 0.717) is 6.42 Å². The fourth-order valence-electron chi connectivity index (χ4n) is 2.77. The molecule has 1 unspecified atom stereocenters. The van der Waals surface area contributed by atoms with Gasteiger partial charge < -0.3 is 5.32 Å². The average molecular weight is 299 g/mol. The van der Waals surface area contributed by atoms with Crippen molar-refractivity contribution in [3.05, 3.63) is 0 Å². The first-order chi connectivity index (χ1) is 9.32. The summed E-state index contributed by atoms with van der Waals surface area (Å²) in [6.07, 6.45) is 3.82. The molecular formula is C15H25NO3S. The number of Topliss-reactive ketones (excluding diaryl/α,β-unsaturated/α-hetero) is 1. The van der Waals surface area contributed by atoms with Crippen LogP contribution in [0.1, 0.15) is 59.8 Å². The Balaban J connectivity index is 2.84. The van der Waals surface area contributed by atoms with Crippen molar-refractivity contribution in [3.63, 3.8) is 0 Å². The Morgan fingerprint density at radius 1 is 1.20 bits per heavy atom. The van der Waals surface area contributed by atoms with Crippen LogP contribution in [0.4, 0.5) is 0 Å². The first-order valence-corrected chi connectivity index (χ1v) is 8.23. The molecule has 4 nitrogen and oxygen atoms in total. The molecule has 20 heavy (non-hydrogen) atoms. The van der Waals surface area contributed by atoms with Crippen LogP contribution in [0.2, 0.25) is 0 Å². The summed E-state index contributed by atoms with van der Waals surface area (Å²) < 4.78 is 0. The summed E-state index contributed by atoms with van der Waals surface area (Å²) in [4.78, 5) is 35.9. The smallest absolute Gasteiger partial charge is 0.234 e. The van der Waals surface area contributed by atoms with Gasteiger partial charge in [-0.15, -0.1) is 0 Å². The Morgan fingerprint density at radius 2 is 1.75 bits per heavy atom. The number of thioether (sulfide) groups is 1. The highest BCUT2D eigenvalue weighted by Gasteiger charge is 2.42. The van der Waals surface area contributed by atoms with Crippen LogP contribution in [-0.2, 0) is 14.4 Å². The zero-order chi connectivity index (χ0) is 15.3. The monoisotopic (exact) mass is 299 g/mol. The van der Waals surface area contributed by atoms with Crippen LogP contribution in [0.25, 0.3) is 0 Å². The van der Waals surface area contributed by atoms with Gasteiger partial charge in [-0.05, 0) is 18.8 Å². The molecule has 1 saturated carbocycles. The fraction of sp³-hybridized carbons (Fsp3) is 0.800. The predicted molar refractivity (Wildman–Crippen MR) is 81.5 cm³/mol. The van der Waals surface area contributed by atoms with E-state index in [0.717, 1.165) is 37.4 Å². The first kappa shape index (κ1) is 17.2. The lowest BCUT2D eigenvalue weighted by Crippen LogP contribution is -2.55. The van der Waals surface area contributed by atoms with Crippen molar-refractivity contribution in [3.8, 4) is 0 Å². The molecule has 0 bridgehead atoms. The maximum absolute atomic E-state index is 12.5. The molecule has 1 atom stereocenters. The molecule has 0 aliphatic heterocycles. The van der Waals surface area contributed by atoms with Crippen LogP contribution in [0.15, 0.2) is 0 Å². The Kier molecular flexibility index (Phi) is 6.24. The third kappa shape index (κ3) is 4.08. The Morgan fingerprint density at radius 3 is 2.15 bits per heavy atom. The van der Waals surface area contributed by atoms with Crippen molar-refractivity contribution >= 4 is 28.6 Å². The highest BCUT2D eigenvalue weighted by Crippen LogP contribution is 2.32. The fourth-order valence-corrected chi connectivity index (χ4v) is 3.56. The third-order valence-electron chi connectivity index (χ3n) is 3.83. The van der Waals surface area contributed by atoms with Gasteiger partial charge in [0.1, 0.15) is 0 Å². The zero-order valence-electron chi connectivity index (χ0n) is 12.8. The maximum Gasteiger partial charge on any atom is 0.234 e. The summed E-state index contributed by atoms with van der Waals surface area (Å²) in [7, 11) is 0. The second-order valence-corrected chi connectivity index (χ2v) is 7.15. The number of carbonyl (C=O) groups excluding carboxylic acids is 3. The lowest BCUT2D eigenvalue weighted by atomic mass is 9.89. The molecule has 0 aromatic rings. The number of rotatable bonds is 6. The SMILES string of the molecule is CCC(=O)C1(NC(=O)C(SC(C)=O)C(C)C)CCCC1. The molecule has 114 valence electrons. The Hall–Kier alpha value is -0.840. The molecule has 0 aromatic heterocycles. The van der Waals surface area contributed by atoms with Crippen LogP contribution >= 0.6 is 11.8 Å². The van der Waals surface area contributed by atoms with E-state index in [4.69, 9.17) is 0 Å². The molecule has 1 N–H and O–H groups in total. The first-order valence-electron chi connectivity index (χ1n) is 7.35. The van der Waals surface area contributed by atoms with Gasteiger partial charge in [-0.2, -0.15) is 0 Å². The molecule has 0 radical (unpaired) electrons. The summed E-state index contributed by atoms with van der Waals surface area (Å²) in [5.74, 6) is -0.0123. The third-order valence-corrected chi connectivity index (χ3v) is 5.18. The van der Waals surface area contributed by atoms with Crippen LogP contribution in [-0.4, -0.2) is 27.6 Å². The molecular weight excluding hydrogens is 274 g/mol. The van der Waals surface area contributed by atoms with Crippen molar-refractivity contribution in [1.82, 2.24) is 5.32 Å². The van der Waals surface area contributed by atoms with Crippen molar-refractivity contribution in [2.45, 2.75) is 70.6 Å². The summed E-state index contributed by atoms with van der Waals surface area (Å²) in [5.41, 5.74) is -0.684. The second kappa shape index (κ2) is 7.25. The summed E-state index contributed by atoms with van der Waals surface area (Å²) in [6, 6.07) is 0. The van der Waals surface area contributed by atoms with Crippen LogP contribution < -0.4 is 5.32 Å². The molecule has 0 heterocycles. The number of hydrogen-bond acceptors (Lipinski definition) is 4. The highest BCUT2D eigenvalue weighted by atomic mass is 32.2. The van der Waals surface area contributed by atoms with Gasteiger partial charge in [-0.3, -0.25) is 14.4 Å². The summed E-state index contributed by atoms with van der Waals surface area (Å²) in [5, 5.41) is 2.48. The number of amides is 1. The minimum absolute atomic E-state index is 0.0547. The van der Waals surface area contributed by atoms with E-state index in [9.17, 15) is 14.4 Å². The van der Waals surface area contributed by atoms with Crippen LogP contribution in [0.3, 0.4) is 0 Å². The summed E-state index contributed by atoms with van der Waals surface area (Å²) >= 11 is 1.05. The molecule has 1 aliphatic rings. The molecule has 0 aromatic carbocycles. The van der Waals surface area contributed by atoms with E-state index >= 15 is 0 Å². The van der Waals surface area contributed by atoms with E-state index in [1.807, 2.05) is 20.8 Å². The highest BCUT2D eigenvalue weighted by molar-refractivity contribution is 8.14. The van der Waals surface area contributed by atoms with Gasteiger partial charge in [0.25, 0.3) is 0 Å². The number of carbonyl (C=O) groups is 3. The van der Waals surface area contributed by atoms with E-state index in [-0.39, 0.29) is 22.7 Å². The van der Waals surface area contributed by atoms with Gasteiger partial charge in [0, 0.05) is 13.3 Å². The van der Waals surface area contributed by atoms with Gasteiger partial charge >= 0.3 is 0 Å². The van der Waals surface area contributed by atoms with Crippen molar-refractivity contribution in [2.75, 3.05) is 0 Å². The van der Waals surface area contributed by atoms with Crippen LogP contribution in [0.5, 0.6) is 0 Å². The number of ketones is 1. The van der Waals surface area contributed by atoms with E-state index in [2.05, 4.69) is 5.32 Å². The minimum Gasteiger partial charge on any atom is -0.343 e. The predicted octanol–water partition coefficient (Wildman–Crippen LogP) is 2.70. The topological polar surface area (TPSA) is 63.2 Å². The maximum atomic E-state index is 12.5. The van der Waals surface area contributed by atoms with E-state index in [1.165, 1.54) is 6.92 Å². The zero-order valence-corrected chi connectivity index (χ0v) is 13.6. The second-order valence-electron chi connectivity index (χ2n) is 5.83. The van der Waals surface area contributed by atoms with Crippen molar-refractivity contribution in [1.29, 1.82) is 0 Å². The lowest BCUT2D eigenvalue weighted by Gasteiger charge is -2.31. The quantitative estimate of drug-likeness (QED) is 0.819. The van der Waals surface area contributed by atoms with Crippen molar-refractivity contribution < 1.29 is 14.4 Å². The number of nitrogens with one attached hydrogen (secondary N) is 1. The Labute approximate surface area is 125 Å². The lowest BCUT2D eigenvalue weighted by molar-refractivity contribution is -0.132. The molecule has 1 rings (SSSR count). The van der Waals surface area contributed by atoms with Gasteiger partial charge in [0.15, 0.2) is 10.9 Å². The van der Waals surface area contributed by atoms with Gasteiger partial charge in [-0.1, -0.05) is 45.4 Å². The Bertz CT molecular complexity index is 387. The average Bonchev–Trinajstić information content (AvgIpc) is 2.83. The standard InChI is InChI=1S/C15H25NO3S/c1-5-12(18)15(8-6-7-9-15)16-14(19)13(10(2)3)20-11(4)17/h10,13H,5-9H2,1-4H3,(H,16,19). The van der Waals surface area contributed by atoms with Gasteiger partial charge in [0.2, 0.25) is 5.91 Å². The van der Waals surface area contributed by atoms with Crippen LogP contribution in [0, 0.1) is 5.92 Å². The van der Waals surface area contributed by atoms with E-state index < -0.39 is 10.8 Å². The molecule has 0 saturated heterocycles. The largest absolute Gasteiger partial charge is 0.343 e. The molecule has 1 amide bonds. The van der Waals surface area contributed by atoms with Crippen molar-refractivity contribution in [2.24, 2.45) is 5.92 Å². The molecule has 1 aliphatic carbocycles. The molecule has 0 spiro atoms. The normalized spacial score (nSPS) is 18.9. The summed E-state index contributed by atoms with van der Waals surface area (Å²) in [6.45, 7) is 7.14. The minimum atomic E-state index is -0.684. The number of hydrogen-bond donors (Lipinski definition) is 1.